The number of nitrogens with zero attached hydrogens (tertiary/aromatic N) is 2. The van der Waals surface area contributed by atoms with Gasteiger partial charge in [0.15, 0.2) is 0 Å². The third-order valence-corrected chi connectivity index (χ3v) is 2.46. The summed E-state index contributed by atoms with van der Waals surface area (Å²) in [6.07, 6.45) is 11.2. The summed E-state index contributed by atoms with van der Waals surface area (Å²) in [5, 5.41) is 0. The zero-order valence-corrected chi connectivity index (χ0v) is 7.45. The summed E-state index contributed by atoms with van der Waals surface area (Å²) in [5.74, 6) is 0. The lowest BCUT2D eigenvalue weighted by Gasteiger charge is -2.01. The lowest BCUT2D eigenvalue weighted by molar-refractivity contribution is 0.817. The van der Waals surface area contributed by atoms with E-state index in [1.807, 2.05) is 12.5 Å². The molecule has 1 aromatic heterocycles. The third-order valence-electron chi connectivity index (χ3n) is 2.46. The highest BCUT2D eigenvalue weighted by Crippen LogP contribution is 2.20. The first-order valence-corrected chi connectivity index (χ1v) is 4.49. The highest BCUT2D eigenvalue weighted by atomic mass is 15.0. The molecule has 2 rings (SSSR count). The van der Waals surface area contributed by atoms with Crippen molar-refractivity contribution < 1.29 is 0 Å². The molecule has 1 aliphatic carbocycles. The van der Waals surface area contributed by atoms with E-state index in [9.17, 15) is 0 Å². The van der Waals surface area contributed by atoms with Gasteiger partial charge < -0.3 is 4.57 Å². The van der Waals surface area contributed by atoms with Gasteiger partial charge in [-0.2, -0.15) is 0 Å². The first-order chi connectivity index (χ1) is 5.86. The molecule has 0 fully saturated rings. The van der Waals surface area contributed by atoms with Crippen LogP contribution in [0.15, 0.2) is 24.2 Å². The lowest BCUT2D eigenvalue weighted by Crippen LogP contribution is -1.95. The van der Waals surface area contributed by atoms with Crippen molar-refractivity contribution >= 4 is 0 Å². The van der Waals surface area contributed by atoms with Gasteiger partial charge in [0.1, 0.15) is 0 Å². The second-order valence-corrected chi connectivity index (χ2v) is 3.43. The Morgan fingerprint density at radius 3 is 3.08 bits per heavy atom. The van der Waals surface area contributed by atoms with Crippen LogP contribution >= 0.6 is 0 Å². The largest absolute Gasteiger partial charge is 0.337 e. The highest BCUT2D eigenvalue weighted by molar-refractivity contribution is 5.16. The Morgan fingerprint density at radius 2 is 2.50 bits per heavy atom. The van der Waals surface area contributed by atoms with Crippen LogP contribution in [-0.4, -0.2) is 9.55 Å². The van der Waals surface area contributed by atoms with Crippen LogP contribution in [0, 0.1) is 0 Å². The molecule has 0 saturated carbocycles. The first kappa shape index (κ1) is 7.59. The molecule has 1 aromatic rings. The maximum atomic E-state index is 4.10. The number of allylic oxidation sites excluding steroid dienone is 2. The maximum absolute atomic E-state index is 4.10. The topological polar surface area (TPSA) is 17.8 Å². The molecule has 2 heteroatoms. The number of imidazole rings is 1. The van der Waals surface area contributed by atoms with E-state index in [0.29, 0.717) is 0 Å². The Bertz CT molecular complexity index is 297. The minimum atomic E-state index is 1.09. The van der Waals surface area contributed by atoms with Gasteiger partial charge in [0.05, 0.1) is 6.33 Å². The fraction of sp³-hybridized carbons (Fsp3) is 0.500. The lowest BCUT2D eigenvalue weighted by atomic mass is 10.1. The Morgan fingerprint density at radius 1 is 1.58 bits per heavy atom. The average molecular weight is 162 g/mol. The van der Waals surface area contributed by atoms with Gasteiger partial charge in [-0.3, -0.25) is 0 Å². The van der Waals surface area contributed by atoms with Gasteiger partial charge in [-0.15, -0.1) is 0 Å². The molecule has 0 spiro atoms. The molecule has 2 nitrogen and oxygen atoms in total. The predicted molar refractivity (Wildman–Crippen MR) is 48.8 cm³/mol. The second kappa shape index (κ2) is 3.13. The molecule has 1 aliphatic rings. The number of aryl methyl sites for hydroxylation is 1. The van der Waals surface area contributed by atoms with Crippen molar-refractivity contribution in [2.45, 2.75) is 25.7 Å². The quantitative estimate of drug-likeness (QED) is 0.609. The summed E-state index contributed by atoms with van der Waals surface area (Å²) in [4.78, 5) is 4.10. The first-order valence-electron chi connectivity index (χ1n) is 4.49. The van der Waals surface area contributed by atoms with Crippen LogP contribution in [0.5, 0.6) is 0 Å². The molecule has 1 heterocycles. The normalized spacial score (nSPS) is 16.6. The Kier molecular flexibility index (Phi) is 1.98. The van der Waals surface area contributed by atoms with E-state index in [1.54, 1.807) is 5.57 Å². The van der Waals surface area contributed by atoms with E-state index in [4.69, 9.17) is 0 Å². The van der Waals surface area contributed by atoms with Crippen LogP contribution in [0.4, 0.5) is 0 Å². The second-order valence-electron chi connectivity index (χ2n) is 3.43. The Labute approximate surface area is 72.9 Å². The van der Waals surface area contributed by atoms with E-state index >= 15 is 0 Å². The minimum absolute atomic E-state index is 1.09. The van der Waals surface area contributed by atoms with Crippen LogP contribution in [-0.2, 0) is 13.5 Å². The van der Waals surface area contributed by atoms with Crippen LogP contribution < -0.4 is 0 Å². The van der Waals surface area contributed by atoms with Gasteiger partial charge in [-0.25, -0.2) is 4.98 Å². The van der Waals surface area contributed by atoms with E-state index < -0.39 is 0 Å². The molecule has 64 valence electrons. The summed E-state index contributed by atoms with van der Waals surface area (Å²) >= 11 is 0. The number of aromatic nitrogens is 2. The molecule has 12 heavy (non-hydrogen) atoms. The Balaban J connectivity index is 2.08. The summed E-state index contributed by atoms with van der Waals surface area (Å²) in [6.45, 7) is 0. The average Bonchev–Trinajstić information content (AvgIpc) is 2.65. The summed E-state index contributed by atoms with van der Waals surface area (Å²) in [7, 11) is 2.05. The van der Waals surface area contributed by atoms with Crippen molar-refractivity contribution in [3.8, 4) is 0 Å². The molecule has 0 radical (unpaired) electrons. The molecule has 0 N–H and O–H groups in total. The molecule has 0 aromatic carbocycles. The molecule has 0 unspecified atom stereocenters. The fourth-order valence-corrected chi connectivity index (χ4v) is 1.69. The van der Waals surface area contributed by atoms with Crippen molar-refractivity contribution in [3.63, 3.8) is 0 Å². The maximum Gasteiger partial charge on any atom is 0.0945 e. The van der Waals surface area contributed by atoms with E-state index in [-0.39, 0.29) is 0 Å². The summed E-state index contributed by atoms with van der Waals surface area (Å²) < 4.78 is 2.10. The van der Waals surface area contributed by atoms with Crippen molar-refractivity contribution in [1.82, 2.24) is 9.55 Å². The monoisotopic (exact) mass is 162 g/mol. The van der Waals surface area contributed by atoms with E-state index in [2.05, 4.69) is 22.7 Å². The van der Waals surface area contributed by atoms with Crippen LogP contribution in [0.1, 0.15) is 25.0 Å². The molecule has 0 aliphatic heterocycles. The molecule has 0 saturated heterocycles. The smallest absolute Gasteiger partial charge is 0.0945 e. The minimum Gasteiger partial charge on any atom is -0.337 e. The van der Waals surface area contributed by atoms with Gasteiger partial charge in [0.2, 0.25) is 0 Å². The van der Waals surface area contributed by atoms with Gasteiger partial charge in [-0.1, -0.05) is 11.6 Å². The number of rotatable bonds is 2. The summed E-state index contributed by atoms with van der Waals surface area (Å²) in [6, 6.07) is 0. The van der Waals surface area contributed by atoms with Gasteiger partial charge in [0, 0.05) is 25.4 Å². The van der Waals surface area contributed by atoms with Crippen molar-refractivity contribution in [2.24, 2.45) is 7.05 Å². The molecular weight excluding hydrogens is 148 g/mol. The van der Waals surface area contributed by atoms with Crippen molar-refractivity contribution in [3.05, 3.63) is 29.9 Å². The van der Waals surface area contributed by atoms with Crippen LogP contribution in [0.25, 0.3) is 0 Å². The van der Waals surface area contributed by atoms with Crippen molar-refractivity contribution in [1.29, 1.82) is 0 Å². The molecule has 0 bridgehead atoms. The van der Waals surface area contributed by atoms with Crippen LogP contribution in [0.3, 0.4) is 0 Å². The SMILES string of the molecule is Cn1cncc1CC1=CCCC1. The van der Waals surface area contributed by atoms with Gasteiger partial charge in [0.25, 0.3) is 0 Å². The molecular formula is C10H14N2. The third kappa shape index (κ3) is 1.42. The van der Waals surface area contributed by atoms with E-state index in [0.717, 1.165) is 6.42 Å². The number of hydrogen-bond acceptors (Lipinski definition) is 1. The highest BCUT2D eigenvalue weighted by Gasteiger charge is 2.06. The number of hydrogen-bond donors (Lipinski definition) is 0. The van der Waals surface area contributed by atoms with Crippen LogP contribution in [0.2, 0.25) is 0 Å². The fourth-order valence-electron chi connectivity index (χ4n) is 1.69. The zero-order valence-electron chi connectivity index (χ0n) is 7.45. The van der Waals surface area contributed by atoms with Gasteiger partial charge >= 0.3 is 0 Å². The van der Waals surface area contributed by atoms with E-state index in [1.165, 1.54) is 25.0 Å². The van der Waals surface area contributed by atoms with Crippen molar-refractivity contribution in [2.75, 3.05) is 0 Å². The molecule has 0 amide bonds. The summed E-state index contributed by atoms with van der Waals surface area (Å²) in [5.41, 5.74) is 2.90. The standard InChI is InChI=1S/C10H14N2/c1-12-8-11-7-10(12)6-9-4-2-3-5-9/h4,7-8H,2-3,5-6H2,1H3. The van der Waals surface area contributed by atoms with Gasteiger partial charge in [-0.05, 0) is 19.3 Å². The zero-order chi connectivity index (χ0) is 8.39. The molecule has 0 atom stereocenters. The Hall–Kier alpha value is -1.05. The predicted octanol–water partition coefficient (Wildman–Crippen LogP) is 2.07.